The van der Waals surface area contributed by atoms with Crippen molar-refractivity contribution in [3.8, 4) is 0 Å². The largest absolute Gasteiger partial charge is 0.353 e. The van der Waals surface area contributed by atoms with Crippen LogP contribution >= 0.6 is 12.4 Å². The van der Waals surface area contributed by atoms with Gasteiger partial charge in [-0.3, -0.25) is 0 Å². The number of aromatic nitrogens is 3. The van der Waals surface area contributed by atoms with E-state index in [1.807, 2.05) is 12.3 Å². The number of nitrogens with one attached hydrogen (secondary N) is 2. The van der Waals surface area contributed by atoms with Crippen molar-refractivity contribution in [1.29, 1.82) is 0 Å². The Hall–Kier alpha value is -1.33. The fourth-order valence-corrected chi connectivity index (χ4v) is 1.99. The van der Waals surface area contributed by atoms with Crippen molar-refractivity contribution < 1.29 is 0 Å². The van der Waals surface area contributed by atoms with Crippen LogP contribution in [0.2, 0.25) is 0 Å². The van der Waals surface area contributed by atoms with Crippen LogP contribution in [0.4, 0.5) is 5.82 Å². The molecule has 1 fully saturated rings. The van der Waals surface area contributed by atoms with Crippen LogP contribution in [0.3, 0.4) is 0 Å². The zero-order valence-corrected chi connectivity index (χ0v) is 9.63. The van der Waals surface area contributed by atoms with E-state index in [2.05, 4.69) is 25.2 Å². The first-order chi connectivity index (χ1) is 7.45. The number of anilines is 1. The molecule has 6 heteroatoms. The average Bonchev–Trinajstić information content (AvgIpc) is 2.78. The molecule has 3 heterocycles. The van der Waals surface area contributed by atoms with Gasteiger partial charge < -0.3 is 15.2 Å². The molecule has 5 nitrogen and oxygen atoms in total. The summed E-state index contributed by atoms with van der Waals surface area (Å²) >= 11 is 0. The highest BCUT2D eigenvalue weighted by Gasteiger charge is 2.14. The Labute approximate surface area is 99.7 Å². The van der Waals surface area contributed by atoms with Crippen LogP contribution in [0.25, 0.3) is 11.0 Å². The second-order valence-electron chi connectivity index (χ2n) is 3.67. The molecule has 0 aliphatic carbocycles. The molecule has 2 aromatic rings. The molecule has 1 saturated heterocycles. The highest BCUT2D eigenvalue weighted by Crippen LogP contribution is 2.21. The van der Waals surface area contributed by atoms with Gasteiger partial charge in [-0.05, 0) is 6.07 Å². The normalized spacial score (nSPS) is 16.1. The zero-order valence-electron chi connectivity index (χ0n) is 8.81. The van der Waals surface area contributed by atoms with E-state index in [0.717, 1.165) is 43.0 Å². The summed E-state index contributed by atoms with van der Waals surface area (Å²) in [5.41, 5.74) is 0.915. The third-order valence-electron chi connectivity index (χ3n) is 2.75. The summed E-state index contributed by atoms with van der Waals surface area (Å²) in [6.07, 6.45) is 3.53. The van der Waals surface area contributed by atoms with E-state index >= 15 is 0 Å². The summed E-state index contributed by atoms with van der Waals surface area (Å²) < 4.78 is 0. The number of rotatable bonds is 1. The maximum Gasteiger partial charge on any atom is 0.142 e. The second kappa shape index (κ2) is 4.67. The fourth-order valence-electron chi connectivity index (χ4n) is 1.99. The van der Waals surface area contributed by atoms with Crippen molar-refractivity contribution in [3.63, 3.8) is 0 Å². The molecule has 0 unspecified atom stereocenters. The van der Waals surface area contributed by atoms with Crippen LogP contribution in [0.5, 0.6) is 0 Å². The Balaban J connectivity index is 0.000000963. The summed E-state index contributed by atoms with van der Waals surface area (Å²) in [4.78, 5) is 14.0. The fraction of sp³-hybridized carbons (Fsp3) is 0.400. The first-order valence-electron chi connectivity index (χ1n) is 5.19. The molecule has 86 valence electrons. The van der Waals surface area contributed by atoms with Gasteiger partial charge in [-0.1, -0.05) is 0 Å². The molecular formula is C10H14ClN5. The Bertz CT molecular complexity index is 463. The molecule has 1 aliphatic heterocycles. The monoisotopic (exact) mass is 239 g/mol. The van der Waals surface area contributed by atoms with Crippen molar-refractivity contribution >= 4 is 29.3 Å². The van der Waals surface area contributed by atoms with E-state index in [1.54, 1.807) is 6.33 Å². The van der Waals surface area contributed by atoms with Gasteiger partial charge in [0.1, 0.15) is 17.8 Å². The standard InChI is InChI=1S/C10H13N5.ClH/c1-2-12-9-8(1)10(14-7-13-9)15-5-3-11-4-6-15;/h1-2,7,11H,3-6H2,(H,12,13,14);1H. The van der Waals surface area contributed by atoms with Gasteiger partial charge in [-0.15, -0.1) is 12.4 Å². The summed E-state index contributed by atoms with van der Waals surface area (Å²) in [6.45, 7) is 4.07. The smallest absolute Gasteiger partial charge is 0.142 e. The predicted octanol–water partition coefficient (Wildman–Crippen LogP) is 0.789. The van der Waals surface area contributed by atoms with E-state index in [4.69, 9.17) is 0 Å². The summed E-state index contributed by atoms with van der Waals surface area (Å²) in [6, 6.07) is 2.03. The van der Waals surface area contributed by atoms with Crippen molar-refractivity contribution in [2.75, 3.05) is 31.1 Å². The molecule has 1 aliphatic rings. The summed E-state index contributed by atoms with van der Waals surface area (Å²) in [5.74, 6) is 1.04. The molecule has 2 aromatic heterocycles. The van der Waals surface area contributed by atoms with Crippen LogP contribution in [0, 0.1) is 0 Å². The minimum Gasteiger partial charge on any atom is -0.353 e. The molecule has 0 spiro atoms. The number of hydrogen-bond donors (Lipinski definition) is 2. The third kappa shape index (κ3) is 1.83. The van der Waals surface area contributed by atoms with Gasteiger partial charge >= 0.3 is 0 Å². The van der Waals surface area contributed by atoms with Crippen molar-refractivity contribution in [2.45, 2.75) is 0 Å². The summed E-state index contributed by atoms with van der Waals surface area (Å²) in [5, 5.41) is 4.44. The van der Waals surface area contributed by atoms with Crippen LogP contribution in [0.15, 0.2) is 18.6 Å². The average molecular weight is 240 g/mol. The van der Waals surface area contributed by atoms with Gasteiger partial charge in [-0.2, -0.15) is 0 Å². The second-order valence-corrected chi connectivity index (χ2v) is 3.67. The highest BCUT2D eigenvalue weighted by molar-refractivity contribution is 5.87. The topological polar surface area (TPSA) is 56.8 Å². The van der Waals surface area contributed by atoms with Crippen LogP contribution in [0.1, 0.15) is 0 Å². The molecule has 0 atom stereocenters. The molecule has 0 aromatic carbocycles. The Morgan fingerprint density at radius 2 is 2.00 bits per heavy atom. The van der Waals surface area contributed by atoms with Crippen LogP contribution < -0.4 is 10.2 Å². The summed E-state index contributed by atoms with van der Waals surface area (Å²) in [7, 11) is 0. The van der Waals surface area contributed by atoms with E-state index in [9.17, 15) is 0 Å². The number of nitrogens with zero attached hydrogens (tertiary/aromatic N) is 3. The number of aromatic amines is 1. The molecular weight excluding hydrogens is 226 g/mol. The van der Waals surface area contributed by atoms with Crippen LogP contribution in [-0.4, -0.2) is 41.1 Å². The minimum atomic E-state index is 0. The molecule has 0 radical (unpaired) electrons. The van der Waals surface area contributed by atoms with Gasteiger partial charge in [0.2, 0.25) is 0 Å². The maximum atomic E-state index is 4.37. The molecule has 16 heavy (non-hydrogen) atoms. The number of hydrogen-bond acceptors (Lipinski definition) is 4. The molecule has 0 bridgehead atoms. The Morgan fingerprint density at radius 1 is 1.19 bits per heavy atom. The molecule has 0 amide bonds. The lowest BCUT2D eigenvalue weighted by Crippen LogP contribution is -2.43. The van der Waals surface area contributed by atoms with E-state index in [-0.39, 0.29) is 12.4 Å². The molecule has 3 rings (SSSR count). The van der Waals surface area contributed by atoms with Gasteiger partial charge in [0.25, 0.3) is 0 Å². The SMILES string of the molecule is Cl.c1nc(N2CCNCC2)c2cc[nH]c2n1. The first-order valence-corrected chi connectivity index (χ1v) is 5.19. The van der Waals surface area contributed by atoms with E-state index < -0.39 is 0 Å². The van der Waals surface area contributed by atoms with E-state index in [1.165, 1.54) is 0 Å². The molecule has 2 N–H and O–H groups in total. The lowest BCUT2D eigenvalue weighted by molar-refractivity contribution is 0.586. The lowest BCUT2D eigenvalue weighted by atomic mass is 10.3. The number of H-pyrrole nitrogens is 1. The van der Waals surface area contributed by atoms with Gasteiger partial charge in [0.15, 0.2) is 0 Å². The van der Waals surface area contributed by atoms with Gasteiger partial charge in [0, 0.05) is 32.4 Å². The highest BCUT2D eigenvalue weighted by atomic mass is 35.5. The first kappa shape index (κ1) is 11.2. The minimum absolute atomic E-state index is 0. The van der Waals surface area contributed by atoms with E-state index in [0.29, 0.717) is 0 Å². The lowest BCUT2D eigenvalue weighted by Gasteiger charge is -2.28. The van der Waals surface area contributed by atoms with Crippen molar-refractivity contribution in [1.82, 2.24) is 20.3 Å². The number of fused-ring (bicyclic) bond motifs is 1. The Kier molecular flexibility index (Phi) is 3.26. The maximum absolute atomic E-state index is 4.37. The zero-order chi connectivity index (χ0) is 10.1. The van der Waals surface area contributed by atoms with Crippen molar-refractivity contribution in [2.24, 2.45) is 0 Å². The number of piperazine rings is 1. The quantitative estimate of drug-likeness (QED) is 0.773. The molecule has 0 saturated carbocycles. The van der Waals surface area contributed by atoms with Gasteiger partial charge in [0.05, 0.1) is 5.39 Å². The van der Waals surface area contributed by atoms with Crippen molar-refractivity contribution in [3.05, 3.63) is 18.6 Å². The van der Waals surface area contributed by atoms with Crippen LogP contribution in [-0.2, 0) is 0 Å². The predicted molar refractivity (Wildman–Crippen MR) is 66.2 cm³/mol. The Morgan fingerprint density at radius 3 is 2.81 bits per heavy atom. The number of halogens is 1. The van der Waals surface area contributed by atoms with Gasteiger partial charge in [-0.25, -0.2) is 9.97 Å². The third-order valence-corrected chi connectivity index (χ3v) is 2.75.